The third-order valence-corrected chi connectivity index (χ3v) is 7.45. The molecular weight excluding hydrogens is 462 g/mol. The van der Waals surface area contributed by atoms with Crippen molar-refractivity contribution in [1.82, 2.24) is 9.71 Å². The van der Waals surface area contributed by atoms with Crippen LogP contribution in [0.15, 0.2) is 77.7 Å². The van der Waals surface area contributed by atoms with Crippen LogP contribution in [-0.2, 0) is 10.0 Å². The Hall–Kier alpha value is -3.75. The van der Waals surface area contributed by atoms with Crippen molar-refractivity contribution in [2.75, 3.05) is 12.4 Å². The van der Waals surface area contributed by atoms with E-state index in [1.165, 1.54) is 19.2 Å². The molecule has 1 aliphatic carbocycles. The number of aryl methyl sites for hydroxylation is 1. The number of rotatable bonds is 7. The van der Waals surface area contributed by atoms with Crippen LogP contribution in [0.4, 0.5) is 5.69 Å². The number of nitrogens with one attached hydrogen (secondary N) is 2. The molecule has 0 unspecified atom stereocenters. The minimum absolute atomic E-state index is 0.0245. The van der Waals surface area contributed by atoms with Crippen molar-refractivity contribution in [2.45, 2.75) is 30.7 Å². The third-order valence-electron chi connectivity index (χ3n) is 5.94. The van der Waals surface area contributed by atoms with E-state index in [9.17, 15) is 13.2 Å². The molecule has 3 aromatic carbocycles. The first-order chi connectivity index (χ1) is 16.8. The number of fused-ring (bicyclic) bond motifs is 1. The molecule has 0 saturated heterocycles. The van der Waals surface area contributed by atoms with E-state index in [1.807, 2.05) is 55.5 Å². The van der Waals surface area contributed by atoms with Gasteiger partial charge in [-0.05, 0) is 50.1 Å². The molecule has 0 atom stereocenters. The smallest absolute Gasteiger partial charge is 0.256 e. The van der Waals surface area contributed by atoms with Crippen LogP contribution in [0.3, 0.4) is 0 Å². The van der Waals surface area contributed by atoms with Gasteiger partial charge in [0.15, 0.2) is 0 Å². The van der Waals surface area contributed by atoms with Crippen LogP contribution in [0.25, 0.3) is 22.2 Å². The number of sulfonamides is 1. The van der Waals surface area contributed by atoms with Crippen molar-refractivity contribution in [1.29, 1.82) is 0 Å². The molecule has 0 radical (unpaired) electrons. The fourth-order valence-electron chi connectivity index (χ4n) is 3.87. The van der Waals surface area contributed by atoms with Crippen LogP contribution in [0.5, 0.6) is 5.75 Å². The van der Waals surface area contributed by atoms with Crippen LogP contribution >= 0.6 is 0 Å². The van der Waals surface area contributed by atoms with E-state index in [-0.39, 0.29) is 22.5 Å². The number of amides is 1. The molecule has 1 amide bonds. The molecule has 4 aromatic rings. The lowest BCUT2D eigenvalue weighted by atomic mass is 10.0. The van der Waals surface area contributed by atoms with Crippen molar-refractivity contribution >= 4 is 32.5 Å². The van der Waals surface area contributed by atoms with Crippen LogP contribution in [0.2, 0.25) is 0 Å². The number of carbonyl (C=O) groups excluding carboxylic acids is 1. The SMILES string of the molecule is COc1ccc(S(=O)(=O)NC2CC2)cc1NC(=O)c1cc(-c2ccc(C)cc2)nc2ccccc12. The molecule has 1 aromatic heterocycles. The van der Waals surface area contributed by atoms with Crippen molar-refractivity contribution in [3.8, 4) is 17.0 Å². The molecule has 0 bridgehead atoms. The summed E-state index contributed by atoms with van der Waals surface area (Å²) in [5, 5.41) is 3.55. The van der Waals surface area contributed by atoms with Crippen LogP contribution in [0, 0.1) is 6.92 Å². The van der Waals surface area contributed by atoms with E-state index in [2.05, 4.69) is 10.0 Å². The number of benzene rings is 3. The van der Waals surface area contributed by atoms with E-state index < -0.39 is 10.0 Å². The van der Waals surface area contributed by atoms with Crippen molar-refractivity contribution in [3.05, 3.63) is 83.9 Å². The van der Waals surface area contributed by atoms with Gasteiger partial charge in [0.05, 0.1) is 34.5 Å². The summed E-state index contributed by atoms with van der Waals surface area (Å²) >= 11 is 0. The molecule has 35 heavy (non-hydrogen) atoms. The Morgan fingerprint density at radius 3 is 2.46 bits per heavy atom. The summed E-state index contributed by atoms with van der Waals surface area (Å²) in [4.78, 5) is 18.3. The predicted molar refractivity (Wildman–Crippen MR) is 136 cm³/mol. The predicted octanol–water partition coefficient (Wildman–Crippen LogP) is 4.91. The molecule has 2 N–H and O–H groups in total. The number of methoxy groups -OCH3 is 1. The second-order valence-electron chi connectivity index (χ2n) is 8.65. The number of nitrogens with zero attached hydrogens (tertiary/aromatic N) is 1. The molecule has 8 heteroatoms. The first kappa shape index (κ1) is 23.0. The number of para-hydroxylation sites is 1. The molecule has 7 nitrogen and oxygen atoms in total. The van der Waals surface area contributed by atoms with E-state index in [1.54, 1.807) is 12.1 Å². The number of hydrogen-bond acceptors (Lipinski definition) is 5. The number of anilines is 1. The largest absolute Gasteiger partial charge is 0.495 e. The average Bonchev–Trinajstić information content (AvgIpc) is 3.67. The Balaban J connectivity index is 1.54. The highest BCUT2D eigenvalue weighted by Gasteiger charge is 2.28. The maximum absolute atomic E-state index is 13.5. The summed E-state index contributed by atoms with van der Waals surface area (Å²) in [6.07, 6.45) is 1.66. The zero-order chi connectivity index (χ0) is 24.6. The van der Waals surface area contributed by atoms with Crippen molar-refractivity contribution in [3.63, 3.8) is 0 Å². The Labute approximate surface area is 204 Å². The third kappa shape index (κ3) is 4.89. The van der Waals surface area contributed by atoms with Crippen LogP contribution < -0.4 is 14.8 Å². The Morgan fingerprint density at radius 1 is 1.00 bits per heavy atom. The summed E-state index contributed by atoms with van der Waals surface area (Å²) in [7, 11) is -2.22. The minimum atomic E-state index is -3.69. The quantitative estimate of drug-likeness (QED) is 0.386. The van der Waals surface area contributed by atoms with Gasteiger partial charge < -0.3 is 10.1 Å². The second kappa shape index (κ2) is 9.13. The maximum Gasteiger partial charge on any atom is 0.256 e. The lowest BCUT2D eigenvalue weighted by molar-refractivity contribution is 0.102. The summed E-state index contributed by atoms with van der Waals surface area (Å²) < 4.78 is 33.5. The lowest BCUT2D eigenvalue weighted by Crippen LogP contribution is -2.26. The van der Waals surface area contributed by atoms with Gasteiger partial charge in [-0.2, -0.15) is 0 Å². The number of ether oxygens (including phenoxy) is 1. The van der Waals surface area contributed by atoms with Gasteiger partial charge in [-0.3, -0.25) is 4.79 Å². The summed E-state index contributed by atoms with van der Waals surface area (Å²) in [5.74, 6) is -0.0270. The zero-order valence-electron chi connectivity index (χ0n) is 19.4. The molecule has 5 rings (SSSR count). The molecule has 0 aliphatic heterocycles. The Morgan fingerprint density at radius 2 is 1.74 bits per heavy atom. The molecule has 0 spiro atoms. The molecule has 1 saturated carbocycles. The van der Waals surface area contributed by atoms with E-state index in [4.69, 9.17) is 9.72 Å². The molecule has 1 heterocycles. The summed E-state index contributed by atoms with van der Waals surface area (Å²) in [5.41, 5.74) is 4.09. The van der Waals surface area contributed by atoms with Gasteiger partial charge in [0.2, 0.25) is 10.0 Å². The summed E-state index contributed by atoms with van der Waals surface area (Å²) in [6.45, 7) is 2.01. The highest BCUT2D eigenvalue weighted by atomic mass is 32.2. The summed E-state index contributed by atoms with van der Waals surface area (Å²) in [6, 6.07) is 21.5. The fourth-order valence-corrected chi connectivity index (χ4v) is 5.20. The van der Waals surface area contributed by atoms with Crippen LogP contribution in [0.1, 0.15) is 28.8 Å². The van der Waals surface area contributed by atoms with Crippen molar-refractivity contribution in [2.24, 2.45) is 0 Å². The zero-order valence-corrected chi connectivity index (χ0v) is 20.2. The highest BCUT2D eigenvalue weighted by molar-refractivity contribution is 7.89. The van der Waals surface area contributed by atoms with Crippen molar-refractivity contribution < 1.29 is 17.9 Å². The second-order valence-corrected chi connectivity index (χ2v) is 10.4. The van der Waals surface area contributed by atoms with Gasteiger partial charge in [-0.25, -0.2) is 18.1 Å². The number of hydrogen-bond donors (Lipinski definition) is 2. The Bertz CT molecular complexity index is 1530. The molecule has 1 aliphatic rings. The normalized spacial score (nSPS) is 13.5. The highest BCUT2D eigenvalue weighted by Crippen LogP contribution is 2.31. The maximum atomic E-state index is 13.5. The van der Waals surface area contributed by atoms with Gasteiger partial charge in [-0.15, -0.1) is 0 Å². The Kier molecular flexibility index (Phi) is 6.00. The monoisotopic (exact) mass is 487 g/mol. The van der Waals surface area contributed by atoms with Gasteiger partial charge in [0.25, 0.3) is 5.91 Å². The van der Waals surface area contributed by atoms with E-state index >= 15 is 0 Å². The first-order valence-corrected chi connectivity index (χ1v) is 12.8. The molecule has 178 valence electrons. The topological polar surface area (TPSA) is 97.4 Å². The minimum Gasteiger partial charge on any atom is -0.495 e. The average molecular weight is 488 g/mol. The lowest BCUT2D eigenvalue weighted by Gasteiger charge is -2.14. The number of aromatic nitrogens is 1. The fraction of sp³-hybridized carbons (Fsp3) is 0.185. The standard InChI is InChI=1S/C27H25N3O4S/c1-17-7-9-18(10-8-17)24-16-22(21-5-3-4-6-23(21)28-24)27(31)29-25-15-20(13-14-26(25)34-2)35(32,33)30-19-11-12-19/h3-10,13-16,19,30H,11-12H2,1-2H3,(H,29,31). The number of pyridine rings is 1. The molecular formula is C27H25N3O4S. The number of carbonyl (C=O) groups is 1. The van der Waals surface area contributed by atoms with E-state index in [0.29, 0.717) is 27.9 Å². The first-order valence-electron chi connectivity index (χ1n) is 11.3. The van der Waals surface area contributed by atoms with Gasteiger partial charge in [0, 0.05) is 17.0 Å². The van der Waals surface area contributed by atoms with Gasteiger partial charge >= 0.3 is 0 Å². The van der Waals surface area contributed by atoms with E-state index in [0.717, 1.165) is 24.0 Å². The van der Waals surface area contributed by atoms with Crippen LogP contribution in [-0.4, -0.2) is 32.5 Å². The van der Waals surface area contributed by atoms with Gasteiger partial charge in [0.1, 0.15) is 5.75 Å². The van der Waals surface area contributed by atoms with Gasteiger partial charge in [-0.1, -0.05) is 48.0 Å². The molecule has 1 fully saturated rings.